The Morgan fingerprint density at radius 1 is 1.00 bits per heavy atom. The summed E-state index contributed by atoms with van der Waals surface area (Å²) in [6, 6.07) is 1.77. The minimum absolute atomic E-state index is 0.880. The molecule has 0 aliphatic carbocycles. The summed E-state index contributed by atoms with van der Waals surface area (Å²) >= 11 is 0. The highest BCUT2D eigenvalue weighted by Gasteiger charge is 2.33. The molecular formula is C15H30N2. The lowest BCUT2D eigenvalue weighted by Gasteiger charge is -2.35. The van der Waals surface area contributed by atoms with Gasteiger partial charge in [0.1, 0.15) is 0 Å². The molecule has 2 aliphatic heterocycles. The van der Waals surface area contributed by atoms with E-state index in [4.69, 9.17) is 0 Å². The van der Waals surface area contributed by atoms with Crippen LogP contribution in [-0.2, 0) is 0 Å². The topological polar surface area (TPSA) is 6.48 Å². The van der Waals surface area contributed by atoms with Gasteiger partial charge in [-0.3, -0.25) is 0 Å². The molecule has 2 heteroatoms. The molecule has 2 bridgehead atoms. The van der Waals surface area contributed by atoms with Gasteiger partial charge in [-0.2, -0.15) is 0 Å². The number of nitrogens with zero attached hydrogens (tertiary/aromatic N) is 2. The molecule has 0 spiro atoms. The SMILES string of the molecule is CN(C)CC[C@@H]1CCC[C@@H]2CCCC[C@H]1N2C. The van der Waals surface area contributed by atoms with E-state index in [9.17, 15) is 0 Å². The Labute approximate surface area is 107 Å². The van der Waals surface area contributed by atoms with Crippen LogP contribution in [0.2, 0.25) is 0 Å². The van der Waals surface area contributed by atoms with Gasteiger partial charge in [0.15, 0.2) is 0 Å². The molecule has 0 aromatic rings. The molecule has 0 N–H and O–H groups in total. The Hall–Kier alpha value is -0.0800. The third-order valence-electron chi connectivity index (χ3n) is 4.99. The molecule has 2 rings (SSSR count). The molecule has 3 atom stereocenters. The van der Waals surface area contributed by atoms with Crippen LogP contribution < -0.4 is 0 Å². The number of hydrogen-bond donors (Lipinski definition) is 0. The molecule has 2 fully saturated rings. The van der Waals surface area contributed by atoms with Crippen LogP contribution in [0.5, 0.6) is 0 Å². The summed E-state index contributed by atoms with van der Waals surface area (Å²) in [6.07, 6.45) is 11.6. The van der Waals surface area contributed by atoms with Crippen molar-refractivity contribution in [2.75, 3.05) is 27.7 Å². The van der Waals surface area contributed by atoms with Gasteiger partial charge in [-0.25, -0.2) is 0 Å². The summed E-state index contributed by atoms with van der Waals surface area (Å²) in [5.41, 5.74) is 0. The first-order valence-electron chi connectivity index (χ1n) is 7.55. The Morgan fingerprint density at radius 3 is 2.47 bits per heavy atom. The van der Waals surface area contributed by atoms with E-state index in [-0.39, 0.29) is 0 Å². The molecule has 0 radical (unpaired) electrons. The first-order valence-corrected chi connectivity index (χ1v) is 7.55. The largest absolute Gasteiger partial charge is 0.309 e. The van der Waals surface area contributed by atoms with Crippen LogP contribution >= 0.6 is 0 Å². The molecule has 0 amide bonds. The van der Waals surface area contributed by atoms with Crippen LogP contribution in [0, 0.1) is 5.92 Å². The van der Waals surface area contributed by atoms with Crippen molar-refractivity contribution in [2.45, 2.75) is 63.5 Å². The fourth-order valence-corrected chi connectivity index (χ4v) is 3.90. The standard InChI is InChI=1S/C15H30N2/c1-16(2)12-11-13-7-6-9-14-8-4-5-10-15(13)17(14)3/h13-15H,4-12H2,1-3H3/t13-,14-,15+/m0/s1. The molecule has 0 unspecified atom stereocenters. The maximum Gasteiger partial charge on any atom is 0.0124 e. The van der Waals surface area contributed by atoms with Gasteiger partial charge in [-0.15, -0.1) is 0 Å². The molecule has 100 valence electrons. The van der Waals surface area contributed by atoms with Crippen LogP contribution in [0.25, 0.3) is 0 Å². The van der Waals surface area contributed by atoms with Gasteiger partial charge >= 0.3 is 0 Å². The van der Waals surface area contributed by atoms with Crippen molar-refractivity contribution >= 4 is 0 Å². The number of hydrogen-bond acceptors (Lipinski definition) is 2. The zero-order chi connectivity index (χ0) is 12.3. The Bertz CT molecular complexity index is 227. The highest BCUT2D eigenvalue weighted by molar-refractivity contribution is 4.88. The van der Waals surface area contributed by atoms with Crippen molar-refractivity contribution in [3.05, 3.63) is 0 Å². The zero-order valence-corrected chi connectivity index (χ0v) is 12.0. The highest BCUT2D eigenvalue weighted by atomic mass is 15.2. The normalized spacial score (nSPS) is 35.6. The smallest absolute Gasteiger partial charge is 0.0124 e. The maximum atomic E-state index is 2.75. The second-order valence-corrected chi connectivity index (χ2v) is 6.45. The Morgan fingerprint density at radius 2 is 1.71 bits per heavy atom. The predicted octanol–water partition coefficient (Wildman–Crippen LogP) is 2.98. The van der Waals surface area contributed by atoms with Gasteiger partial charge in [0.05, 0.1) is 0 Å². The van der Waals surface area contributed by atoms with Crippen molar-refractivity contribution in [1.29, 1.82) is 0 Å². The number of rotatable bonds is 3. The molecular weight excluding hydrogens is 208 g/mol. The zero-order valence-electron chi connectivity index (χ0n) is 12.0. The summed E-state index contributed by atoms with van der Waals surface area (Å²) in [5.74, 6) is 0.950. The van der Waals surface area contributed by atoms with E-state index in [2.05, 4.69) is 30.9 Å². The van der Waals surface area contributed by atoms with Crippen LogP contribution in [0.15, 0.2) is 0 Å². The van der Waals surface area contributed by atoms with E-state index in [1.165, 1.54) is 57.9 Å². The van der Waals surface area contributed by atoms with Crippen molar-refractivity contribution in [1.82, 2.24) is 9.80 Å². The molecule has 2 heterocycles. The lowest BCUT2D eigenvalue weighted by molar-refractivity contribution is 0.131. The maximum absolute atomic E-state index is 2.75. The molecule has 17 heavy (non-hydrogen) atoms. The van der Waals surface area contributed by atoms with Crippen LogP contribution in [-0.4, -0.2) is 49.6 Å². The van der Waals surface area contributed by atoms with Gasteiger partial charge in [0, 0.05) is 12.1 Å². The lowest BCUT2D eigenvalue weighted by atomic mass is 9.88. The fourth-order valence-electron chi connectivity index (χ4n) is 3.90. The third-order valence-corrected chi connectivity index (χ3v) is 4.99. The third kappa shape index (κ3) is 3.45. The van der Waals surface area contributed by atoms with Gasteiger partial charge < -0.3 is 9.80 Å². The first kappa shape index (κ1) is 13.4. The molecule has 0 aromatic carbocycles. The minimum atomic E-state index is 0.880. The average Bonchev–Trinajstić information content (AvgIpc) is 2.56. The summed E-state index contributed by atoms with van der Waals surface area (Å²) < 4.78 is 0. The van der Waals surface area contributed by atoms with Crippen LogP contribution in [0.1, 0.15) is 51.4 Å². The average molecular weight is 238 g/mol. The van der Waals surface area contributed by atoms with E-state index in [1.807, 2.05) is 0 Å². The predicted molar refractivity (Wildman–Crippen MR) is 74.3 cm³/mol. The lowest BCUT2D eigenvalue weighted by Crippen LogP contribution is -2.41. The summed E-state index contributed by atoms with van der Waals surface area (Å²) in [6.45, 7) is 1.26. The van der Waals surface area contributed by atoms with Crippen LogP contribution in [0.4, 0.5) is 0 Å². The van der Waals surface area contributed by atoms with Gasteiger partial charge in [-0.1, -0.05) is 19.3 Å². The summed E-state index contributed by atoms with van der Waals surface area (Å²) in [5, 5.41) is 0. The minimum Gasteiger partial charge on any atom is -0.309 e. The molecule has 0 saturated carbocycles. The molecule has 2 saturated heterocycles. The van der Waals surface area contributed by atoms with Gasteiger partial charge in [-0.05, 0) is 65.7 Å². The van der Waals surface area contributed by atoms with Gasteiger partial charge in [0.2, 0.25) is 0 Å². The van der Waals surface area contributed by atoms with E-state index in [0.717, 1.165) is 18.0 Å². The Kier molecular flexibility index (Phi) is 4.87. The van der Waals surface area contributed by atoms with Gasteiger partial charge in [0.25, 0.3) is 0 Å². The fraction of sp³-hybridized carbons (Fsp3) is 1.00. The molecule has 0 aromatic heterocycles. The molecule has 2 nitrogen and oxygen atoms in total. The highest BCUT2D eigenvalue weighted by Crippen LogP contribution is 2.35. The number of fused-ring (bicyclic) bond motifs is 2. The van der Waals surface area contributed by atoms with Crippen molar-refractivity contribution in [3.63, 3.8) is 0 Å². The Balaban J connectivity index is 1.99. The van der Waals surface area contributed by atoms with E-state index in [0.29, 0.717) is 0 Å². The monoisotopic (exact) mass is 238 g/mol. The second-order valence-electron chi connectivity index (χ2n) is 6.45. The van der Waals surface area contributed by atoms with Crippen molar-refractivity contribution < 1.29 is 0 Å². The summed E-state index contributed by atoms with van der Waals surface area (Å²) in [4.78, 5) is 5.10. The quantitative estimate of drug-likeness (QED) is 0.746. The molecule has 2 aliphatic rings. The second kappa shape index (κ2) is 6.19. The first-order chi connectivity index (χ1) is 8.18. The summed E-state index contributed by atoms with van der Waals surface area (Å²) in [7, 11) is 6.81. The van der Waals surface area contributed by atoms with E-state index < -0.39 is 0 Å². The van der Waals surface area contributed by atoms with E-state index in [1.54, 1.807) is 0 Å². The van der Waals surface area contributed by atoms with Crippen LogP contribution in [0.3, 0.4) is 0 Å². The van der Waals surface area contributed by atoms with Crippen molar-refractivity contribution in [2.24, 2.45) is 5.92 Å². The van der Waals surface area contributed by atoms with E-state index >= 15 is 0 Å². The van der Waals surface area contributed by atoms with Crippen molar-refractivity contribution in [3.8, 4) is 0 Å².